The summed E-state index contributed by atoms with van der Waals surface area (Å²) in [6.07, 6.45) is 12.5. The molecule has 1 heterocycles. The zero-order valence-electron chi connectivity index (χ0n) is 23.6. The first-order chi connectivity index (χ1) is 18.8. The Hall–Kier alpha value is -2.58. The zero-order valence-corrected chi connectivity index (χ0v) is 24.4. The van der Waals surface area contributed by atoms with Gasteiger partial charge in [-0.25, -0.2) is 8.42 Å². The maximum atomic E-state index is 13.3. The highest BCUT2D eigenvalue weighted by molar-refractivity contribution is 7.92. The van der Waals surface area contributed by atoms with E-state index in [-0.39, 0.29) is 0 Å². The van der Waals surface area contributed by atoms with E-state index in [2.05, 4.69) is 33.6 Å². The van der Waals surface area contributed by atoms with Gasteiger partial charge in [0.2, 0.25) is 15.9 Å². The molecule has 2 aromatic carbocycles. The van der Waals surface area contributed by atoms with Crippen LogP contribution in [0.3, 0.4) is 0 Å². The molecular weight excluding hydrogens is 510 g/mol. The molecule has 0 spiro atoms. The van der Waals surface area contributed by atoms with Crippen LogP contribution in [0.2, 0.25) is 0 Å². The number of benzene rings is 2. The van der Waals surface area contributed by atoms with Gasteiger partial charge in [-0.1, -0.05) is 44.7 Å². The zero-order chi connectivity index (χ0) is 27.7. The van der Waals surface area contributed by atoms with E-state index in [0.29, 0.717) is 29.3 Å². The third-order valence-corrected chi connectivity index (χ3v) is 8.59. The normalized spacial score (nSPS) is 17.6. The van der Waals surface area contributed by atoms with Crippen LogP contribution in [0.1, 0.15) is 76.7 Å². The summed E-state index contributed by atoms with van der Waals surface area (Å²) < 4.78 is 31.1. The molecule has 0 unspecified atom stereocenters. The second-order valence-electron chi connectivity index (χ2n) is 11.3. The van der Waals surface area contributed by atoms with Gasteiger partial charge in [0, 0.05) is 44.3 Å². The molecule has 0 radical (unpaired) electrons. The predicted molar refractivity (Wildman–Crippen MR) is 158 cm³/mol. The summed E-state index contributed by atoms with van der Waals surface area (Å²) in [5.41, 5.74) is 1.75. The number of piperidine rings is 1. The fourth-order valence-electron chi connectivity index (χ4n) is 5.85. The van der Waals surface area contributed by atoms with Crippen molar-refractivity contribution in [1.82, 2.24) is 9.80 Å². The van der Waals surface area contributed by atoms with Gasteiger partial charge in [0.05, 0.1) is 6.26 Å². The minimum absolute atomic E-state index is 0.374. The molecule has 1 saturated heterocycles. The van der Waals surface area contributed by atoms with Crippen molar-refractivity contribution < 1.29 is 17.9 Å². The molecule has 0 bridgehead atoms. The van der Waals surface area contributed by atoms with Crippen LogP contribution < -0.4 is 9.46 Å². The summed E-state index contributed by atoms with van der Waals surface area (Å²) in [5, 5.41) is 0. The van der Waals surface area contributed by atoms with Crippen LogP contribution in [0.25, 0.3) is 0 Å². The number of nitrogens with one attached hydrogen (secondary N) is 1. The molecule has 0 atom stereocenters. The largest absolute Gasteiger partial charge is 0.457 e. The number of carbonyl (C=O) groups excluding carboxylic acids is 1. The third kappa shape index (κ3) is 9.53. The average Bonchev–Trinajstić information content (AvgIpc) is 2.92. The van der Waals surface area contributed by atoms with Crippen LogP contribution in [-0.2, 0) is 21.4 Å². The Morgan fingerprint density at radius 2 is 1.56 bits per heavy atom. The fourth-order valence-corrected chi connectivity index (χ4v) is 6.41. The number of ether oxygens (including phenoxy) is 1. The average molecular weight is 556 g/mol. The molecule has 1 N–H and O–H groups in total. The summed E-state index contributed by atoms with van der Waals surface area (Å²) in [4.78, 5) is 18.0. The Morgan fingerprint density at radius 3 is 2.15 bits per heavy atom. The lowest BCUT2D eigenvalue weighted by Gasteiger charge is -2.39. The molecule has 2 fully saturated rings. The number of sulfonamides is 1. The number of hydrogen-bond acceptors (Lipinski definition) is 5. The molecule has 1 aliphatic heterocycles. The molecule has 8 heteroatoms. The Balaban J connectivity index is 1.25. The molecule has 1 aliphatic carbocycles. The van der Waals surface area contributed by atoms with Crippen LogP contribution >= 0.6 is 0 Å². The fraction of sp³-hybridized carbons (Fsp3) is 0.581. The molecule has 214 valence electrons. The van der Waals surface area contributed by atoms with Gasteiger partial charge >= 0.3 is 0 Å². The Morgan fingerprint density at radius 1 is 0.949 bits per heavy atom. The lowest BCUT2D eigenvalue weighted by atomic mass is 9.86. The van der Waals surface area contributed by atoms with Gasteiger partial charge in [0.1, 0.15) is 11.5 Å². The standard InChI is InChI=1S/C31H45N3O4S/c1-3-4-20-34(31(35)23-25-8-6-5-7-9-25)28-18-21-33(22-19-28)24-26-10-14-29(15-11-26)38-30-16-12-27(13-17-30)32-39(2,36)37/h10-17,25,28,32H,3-9,18-24H2,1-2H3. The first kappa shape index (κ1) is 29.4. The van der Waals surface area contributed by atoms with Gasteiger partial charge in [-0.15, -0.1) is 0 Å². The van der Waals surface area contributed by atoms with Crippen molar-refractivity contribution in [2.75, 3.05) is 30.6 Å². The maximum Gasteiger partial charge on any atom is 0.229 e. The van der Waals surface area contributed by atoms with E-state index in [1.165, 1.54) is 37.7 Å². The molecule has 4 rings (SSSR count). The van der Waals surface area contributed by atoms with E-state index in [4.69, 9.17) is 4.74 Å². The minimum Gasteiger partial charge on any atom is -0.457 e. The first-order valence-electron chi connectivity index (χ1n) is 14.7. The molecule has 2 aromatic rings. The van der Waals surface area contributed by atoms with Crippen LogP contribution in [0.15, 0.2) is 48.5 Å². The number of amides is 1. The highest BCUT2D eigenvalue weighted by atomic mass is 32.2. The molecule has 1 amide bonds. The second kappa shape index (κ2) is 14.2. The number of carbonyl (C=O) groups is 1. The number of unbranched alkanes of at least 4 members (excludes halogenated alkanes) is 1. The topological polar surface area (TPSA) is 79.0 Å². The molecule has 7 nitrogen and oxygen atoms in total. The van der Waals surface area contributed by atoms with Gasteiger partial charge in [-0.05, 0) is 80.0 Å². The number of rotatable bonds is 12. The van der Waals surface area contributed by atoms with Gasteiger partial charge in [-0.2, -0.15) is 0 Å². The number of nitrogens with zero attached hydrogens (tertiary/aromatic N) is 2. The molecule has 1 saturated carbocycles. The van der Waals surface area contributed by atoms with Crippen molar-refractivity contribution in [3.63, 3.8) is 0 Å². The Bertz CT molecular complexity index is 1140. The first-order valence-corrected chi connectivity index (χ1v) is 16.5. The summed E-state index contributed by atoms with van der Waals surface area (Å²) >= 11 is 0. The summed E-state index contributed by atoms with van der Waals surface area (Å²) in [6, 6.07) is 15.4. The SMILES string of the molecule is CCCCN(C(=O)CC1CCCCC1)C1CCN(Cc2ccc(Oc3ccc(NS(C)(=O)=O)cc3)cc2)CC1. The Kier molecular flexibility index (Phi) is 10.7. The van der Waals surface area contributed by atoms with Crippen molar-refractivity contribution in [2.45, 2.75) is 83.7 Å². The highest BCUT2D eigenvalue weighted by Crippen LogP contribution is 2.29. The van der Waals surface area contributed by atoms with E-state index in [1.807, 2.05) is 12.1 Å². The van der Waals surface area contributed by atoms with Gasteiger partial charge in [0.15, 0.2) is 0 Å². The second-order valence-corrected chi connectivity index (χ2v) is 13.0. The van der Waals surface area contributed by atoms with Crippen molar-refractivity contribution in [3.8, 4) is 11.5 Å². The lowest BCUT2D eigenvalue weighted by molar-refractivity contribution is -0.136. The highest BCUT2D eigenvalue weighted by Gasteiger charge is 2.29. The number of likely N-dealkylation sites (tertiary alicyclic amines) is 1. The molecule has 2 aliphatic rings. The van der Waals surface area contributed by atoms with E-state index in [9.17, 15) is 13.2 Å². The van der Waals surface area contributed by atoms with Crippen molar-refractivity contribution in [1.29, 1.82) is 0 Å². The van der Waals surface area contributed by atoms with E-state index in [0.717, 1.165) is 70.3 Å². The Labute approximate surface area is 235 Å². The predicted octanol–water partition coefficient (Wildman–Crippen LogP) is 6.41. The summed E-state index contributed by atoms with van der Waals surface area (Å²) in [6.45, 7) is 6.03. The van der Waals surface area contributed by atoms with E-state index in [1.54, 1.807) is 24.3 Å². The maximum absolute atomic E-state index is 13.3. The number of hydrogen-bond donors (Lipinski definition) is 1. The quantitative estimate of drug-likeness (QED) is 0.327. The molecular formula is C31H45N3O4S. The van der Waals surface area contributed by atoms with Crippen molar-refractivity contribution >= 4 is 21.6 Å². The van der Waals surface area contributed by atoms with Crippen LogP contribution in [0.5, 0.6) is 11.5 Å². The summed E-state index contributed by atoms with van der Waals surface area (Å²) in [5.74, 6) is 2.38. The third-order valence-electron chi connectivity index (χ3n) is 7.98. The smallest absolute Gasteiger partial charge is 0.229 e. The lowest BCUT2D eigenvalue weighted by Crippen LogP contribution is -2.48. The molecule has 39 heavy (non-hydrogen) atoms. The van der Waals surface area contributed by atoms with E-state index < -0.39 is 10.0 Å². The summed E-state index contributed by atoms with van der Waals surface area (Å²) in [7, 11) is -3.30. The van der Waals surface area contributed by atoms with Crippen LogP contribution in [0, 0.1) is 5.92 Å². The van der Waals surface area contributed by atoms with Crippen molar-refractivity contribution in [2.24, 2.45) is 5.92 Å². The van der Waals surface area contributed by atoms with E-state index >= 15 is 0 Å². The van der Waals surface area contributed by atoms with Crippen LogP contribution in [-0.4, -0.2) is 56.1 Å². The monoisotopic (exact) mass is 555 g/mol. The van der Waals surface area contributed by atoms with Crippen LogP contribution in [0.4, 0.5) is 5.69 Å². The minimum atomic E-state index is -3.30. The van der Waals surface area contributed by atoms with Gasteiger partial charge in [0.25, 0.3) is 0 Å². The number of anilines is 1. The van der Waals surface area contributed by atoms with Gasteiger partial charge in [-0.3, -0.25) is 14.4 Å². The van der Waals surface area contributed by atoms with Crippen molar-refractivity contribution in [3.05, 3.63) is 54.1 Å². The molecule has 0 aromatic heterocycles. The van der Waals surface area contributed by atoms with Gasteiger partial charge < -0.3 is 9.64 Å².